The van der Waals surface area contributed by atoms with Crippen LogP contribution in [0.1, 0.15) is 51.4 Å². The average molecular weight is 394 g/mol. The molecule has 4 rings (SSSR count). The summed E-state index contributed by atoms with van der Waals surface area (Å²) in [4.78, 5) is 30.9. The molecule has 28 heavy (non-hydrogen) atoms. The Morgan fingerprint density at radius 3 is 2.18 bits per heavy atom. The molecule has 2 aliphatic heterocycles. The summed E-state index contributed by atoms with van der Waals surface area (Å²) >= 11 is 0. The van der Waals surface area contributed by atoms with Crippen LogP contribution in [0.5, 0.6) is 0 Å². The SMILES string of the molecule is COOCC1CCC2OC(CC3=NC4CC(CC(=O)OC)CCC4O3)=NC2C1. The van der Waals surface area contributed by atoms with E-state index in [2.05, 4.69) is 0 Å². The number of ether oxygens (including phenoxy) is 3. The summed E-state index contributed by atoms with van der Waals surface area (Å²) in [5.41, 5.74) is 0. The van der Waals surface area contributed by atoms with Crippen LogP contribution < -0.4 is 0 Å². The minimum Gasteiger partial charge on any atom is -0.475 e. The lowest BCUT2D eigenvalue weighted by Gasteiger charge is -2.28. The van der Waals surface area contributed by atoms with Crippen molar-refractivity contribution >= 4 is 17.8 Å². The molecule has 6 unspecified atom stereocenters. The maximum atomic E-state index is 11.5. The van der Waals surface area contributed by atoms with Crippen LogP contribution in [0.3, 0.4) is 0 Å². The zero-order chi connectivity index (χ0) is 19.5. The van der Waals surface area contributed by atoms with Gasteiger partial charge in [0.05, 0.1) is 39.3 Å². The number of esters is 1. The molecule has 2 fully saturated rings. The number of fused-ring (bicyclic) bond motifs is 2. The molecular formula is C20H30N2O6. The highest BCUT2D eigenvalue weighted by molar-refractivity contribution is 5.98. The molecule has 2 heterocycles. The highest BCUT2D eigenvalue weighted by Gasteiger charge is 2.40. The van der Waals surface area contributed by atoms with Crippen molar-refractivity contribution in [3.63, 3.8) is 0 Å². The minimum atomic E-state index is -0.142. The summed E-state index contributed by atoms with van der Waals surface area (Å²) in [6.07, 6.45) is 7.10. The second kappa shape index (κ2) is 8.78. The first kappa shape index (κ1) is 19.6. The van der Waals surface area contributed by atoms with Gasteiger partial charge in [-0.3, -0.25) is 4.79 Å². The number of carbonyl (C=O) groups is 1. The van der Waals surface area contributed by atoms with Crippen LogP contribution >= 0.6 is 0 Å². The Morgan fingerprint density at radius 2 is 1.57 bits per heavy atom. The summed E-state index contributed by atoms with van der Waals surface area (Å²) in [5.74, 6) is 2.12. The molecule has 2 aliphatic carbocycles. The third kappa shape index (κ3) is 4.49. The van der Waals surface area contributed by atoms with Gasteiger partial charge in [-0.05, 0) is 50.4 Å². The van der Waals surface area contributed by atoms with Gasteiger partial charge in [0, 0.05) is 6.42 Å². The number of aliphatic imine (C=N–C) groups is 2. The van der Waals surface area contributed by atoms with Gasteiger partial charge < -0.3 is 14.2 Å². The summed E-state index contributed by atoms with van der Waals surface area (Å²) < 4.78 is 16.9. The smallest absolute Gasteiger partial charge is 0.305 e. The Bertz CT molecular complexity index is 636. The van der Waals surface area contributed by atoms with Gasteiger partial charge in [-0.1, -0.05) is 0 Å². The predicted molar refractivity (Wildman–Crippen MR) is 101 cm³/mol. The predicted octanol–water partition coefficient (Wildman–Crippen LogP) is 2.45. The molecule has 0 N–H and O–H groups in total. The molecule has 4 aliphatic rings. The van der Waals surface area contributed by atoms with E-state index in [4.69, 9.17) is 34.0 Å². The summed E-state index contributed by atoms with van der Waals surface area (Å²) in [7, 11) is 2.98. The van der Waals surface area contributed by atoms with Gasteiger partial charge in [-0.25, -0.2) is 19.8 Å². The topological polar surface area (TPSA) is 87.9 Å². The van der Waals surface area contributed by atoms with Crippen LogP contribution in [0.15, 0.2) is 9.98 Å². The summed E-state index contributed by atoms with van der Waals surface area (Å²) in [6, 6.07) is 0.334. The Hall–Kier alpha value is -1.67. The molecule has 8 heteroatoms. The molecule has 0 spiro atoms. The van der Waals surface area contributed by atoms with Crippen molar-refractivity contribution in [2.24, 2.45) is 21.8 Å². The Balaban J connectivity index is 1.29. The van der Waals surface area contributed by atoms with Gasteiger partial charge >= 0.3 is 5.97 Å². The molecule has 2 saturated carbocycles. The van der Waals surface area contributed by atoms with Crippen LogP contribution in [0.4, 0.5) is 0 Å². The second-order valence-electron chi connectivity index (χ2n) is 8.26. The molecule has 0 aromatic carbocycles. The molecule has 0 aromatic heterocycles. The van der Waals surface area contributed by atoms with E-state index in [0.29, 0.717) is 31.3 Å². The Labute approximate surface area is 165 Å². The van der Waals surface area contributed by atoms with Crippen molar-refractivity contribution in [1.82, 2.24) is 0 Å². The molecule has 8 nitrogen and oxygen atoms in total. The van der Waals surface area contributed by atoms with E-state index >= 15 is 0 Å². The van der Waals surface area contributed by atoms with Crippen LogP contribution in [-0.2, 0) is 28.8 Å². The Kier molecular flexibility index (Phi) is 6.16. The molecule has 156 valence electrons. The normalized spacial score (nSPS) is 36.5. The number of hydrogen-bond acceptors (Lipinski definition) is 8. The average Bonchev–Trinajstić information content (AvgIpc) is 3.28. The number of carbonyl (C=O) groups excluding carboxylic acids is 1. The van der Waals surface area contributed by atoms with Crippen molar-refractivity contribution in [1.29, 1.82) is 0 Å². The largest absolute Gasteiger partial charge is 0.475 e. The van der Waals surface area contributed by atoms with Gasteiger partial charge in [-0.15, -0.1) is 0 Å². The van der Waals surface area contributed by atoms with Crippen LogP contribution in [0.2, 0.25) is 0 Å². The highest BCUT2D eigenvalue weighted by atomic mass is 17.2. The summed E-state index contributed by atoms with van der Waals surface area (Å²) in [6.45, 7) is 0.608. The second-order valence-corrected chi connectivity index (χ2v) is 8.26. The maximum Gasteiger partial charge on any atom is 0.305 e. The van der Waals surface area contributed by atoms with Crippen molar-refractivity contribution in [3.05, 3.63) is 0 Å². The zero-order valence-electron chi connectivity index (χ0n) is 16.7. The van der Waals surface area contributed by atoms with Crippen molar-refractivity contribution in [2.75, 3.05) is 20.8 Å². The van der Waals surface area contributed by atoms with E-state index in [9.17, 15) is 4.79 Å². The van der Waals surface area contributed by atoms with Gasteiger partial charge in [0.1, 0.15) is 12.2 Å². The molecular weight excluding hydrogens is 364 g/mol. The third-order valence-electron chi connectivity index (χ3n) is 6.33. The van der Waals surface area contributed by atoms with E-state index < -0.39 is 0 Å². The summed E-state index contributed by atoms with van der Waals surface area (Å²) in [5, 5.41) is 0. The Morgan fingerprint density at radius 1 is 0.964 bits per heavy atom. The van der Waals surface area contributed by atoms with E-state index in [1.807, 2.05) is 0 Å². The monoisotopic (exact) mass is 394 g/mol. The van der Waals surface area contributed by atoms with Crippen molar-refractivity contribution in [2.45, 2.75) is 75.7 Å². The molecule has 0 saturated heterocycles. The number of nitrogens with zero attached hydrogens (tertiary/aromatic N) is 2. The lowest BCUT2D eigenvalue weighted by Crippen LogP contribution is -2.32. The number of methoxy groups -OCH3 is 1. The first-order valence-corrected chi connectivity index (χ1v) is 10.3. The van der Waals surface area contributed by atoms with Gasteiger partial charge in [0.25, 0.3) is 0 Å². The maximum absolute atomic E-state index is 11.5. The number of hydrogen-bond donors (Lipinski definition) is 0. The lowest BCUT2D eigenvalue weighted by atomic mass is 9.82. The van der Waals surface area contributed by atoms with Crippen molar-refractivity contribution in [3.8, 4) is 0 Å². The van der Waals surface area contributed by atoms with Gasteiger partial charge in [0.15, 0.2) is 11.8 Å². The molecule has 0 radical (unpaired) electrons. The van der Waals surface area contributed by atoms with E-state index in [-0.39, 0.29) is 30.3 Å². The van der Waals surface area contributed by atoms with E-state index in [1.54, 1.807) is 0 Å². The molecule has 0 bridgehead atoms. The van der Waals surface area contributed by atoms with E-state index in [0.717, 1.165) is 50.3 Å². The first-order chi connectivity index (χ1) is 13.6. The fraction of sp³-hybridized carbons (Fsp3) is 0.850. The van der Waals surface area contributed by atoms with Crippen LogP contribution in [-0.4, -0.2) is 62.9 Å². The standard InChI is InChI=1S/C20H30N2O6/c1-24-20(23)9-12-3-5-16-14(7-12)21-18(27-16)10-19-22-15-8-13(11-26-25-2)4-6-17(15)28-19/h12-17H,3-11H2,1-2H3. The van der Waals surface area contributed by atoms with Crippen molar-refractivity contribution < 1.29 is 28.8 Å². The van der Waals surface area contributed by atoms with Gasteiger partial charge in [0.2, 0.25) is 0 Å². The first-order valence-electron chi connectivity index (χ1n) is 10.3. The van der Waals surface area contributed by atoms with Gasteiger partial charge in [-0.2, -0.15) is 0 Å². The fourth-order valence-electron chi connectivity index (χ4n) is 4.86. The third-order valence-corrected chi connectivity index (χ3v) is 6.33. The molecule has 0 aromatic rings. The molecule has 6 atom stereocenters. The minimum absolute atomic E-state index is 0.128. The van der Waals surface area contributed by atoms with Crippen LogP contribution in [0.25, 0.3) is 0 Å². The fourth-order valence-corrected chi connectivity index (χ4v) is 4.86. The zero-order valence-corrected chi connectivity index (χ0v) is 16.7. The lowest BCUT2D eigenvalue weighted by molar-refractivity contribution is -0.281. The number of rotatable bonds is 7. The highest BCUT2D eigenvalue weighted by Crippen LogP contribution is 2.36. The molecule has 0 amide bonds. The van der Waals surface area contributed by atoms with E-state index in [1.165, 1.54) is 14.2 Å². The quantitative estimate of drug-likeness (QED) is 0.374. The van der Waals surface area contributed by atoms with Crippen LogP contribution in [0, 0.1) is 11.8 Å².